The van der Waals surface area contributed by atoms with Gasteiger partial charge in [-0.3, -0.25) is 4.98 Å². The number of thiocarbonyl (C=S) groups is 1. The fraction of sp³-hybridized carbons (Fsp3) is 0.158. The number of furan rings is 1. The monoisotopic (exact) mass is 403 g/mol. The Hall–Kier alpha value is -2.08. The van der Waals surface area contributed by atoms with Crippen molar-refractivity contribution >= 4 is 40.5 Å². The summed E-state index contributed by atoms with van der Waals surface area (Å²) in [4.78, 5) is 6.46. The molecule has 4 rings (SSSR count). The van der Waals surface area contributed by atoms with E-state index in [1.807, 2.05) is 48.3 Å². The maximum atomic E-state index is 6.15. The van der Waals surface area contributed by atoms with Gasteiger partial charge in [0.1, 0.15) is 17.6 Å². The summed E-state index contributed by atoms with van der Waals surface area (Å²) in [6.45, 7) is 0. The Kier molecular flexibility index (Phi) is 4.61. The molecule has 1 N–H and O–H groups in total. The molecule has 0 bridgehead atoms. The van der Waals surface area contributed by atoms with Crippen LogP contribution in [-0.4, -0.2) is 22.0 Å². The number of hydrogen-bond donors (Lipinski definition) is 1. The van der Waals surface area contributed by atoms with Gasteiger partial charge in [-0.15, -0.1) is 0 Å². The molecule has 0 amide bonds. The Morgan fingerprint density at radius 3 is 2.69 bits per heavy atom. The van der Waals surface area contributed by atoms with E-state index in [0.717, 1.165) is 22.8 Å². The van der Waals surface area contributed by atoms with E-state index in [-0.39, 0.29) is 12.1 Å². The minimum atomic E-state index is -0.0890. The Morgan fingerprint density at radius 1 is 1.12 bits per heavy atom. The highest BCUT2D eigenvalue weighted by molar-refractivity contribution is 7.80. The lowest BCUT2D eigenvalue weighted by Gasteiger charge is -2.21. The van der Waals surface area contributed by atoms with E-state index in [1.54, 1.807) is 18.3 Å². The summed E-state index contributed by atoms with van der Waals surface area (Å²) in [6, 6.07) is 15.0. The molecule has 1 aromatic carbocycles. The van der Waals surface area contributed by atoms with Gasteiger partial charge >= 0.3 is 0 Å². The second-order valence-electron chi connectivity index (χ2n) is 6.07. The summed E-state index contributed by atoms with van der Waals surface area (Å²) in [5.74, 6) is 1.53. The predicted molar refractivity (Wildman–Crippen MR) is 107 cm³/mol. The van der Waals surface area contributed by atoms with Crippen LogP contribution in [0.25, 0.3) is 11.3 Å². The minimum Gasteiger partial charge on any atom is -0.459 e. The lowest BCUT2D eigenvalue weighted by molar-refractivity contribution is 0.310. The van der Waals surface area contributed by atoms with Crippen molar-refractivity contribution in [3.05, 3.63) is 76.2 Å². The number of pyridine rings is 1. The average Bonchev–Trinajstić information content (AvgIpc) is 3.24. The summed E-state index contributed by atoms with van der Waals surface area (Å²) >= 11 is 17.6. The van der Waals surface area contributed by atoms with Crippen LogP contribution in [0.15, 0.2) is 59.1 Å². The van der Waals surface area contributed by atoms with E-state index in [2.05, 4.69) is 10.3 Å². The zero-order valence-corrected chi connectivity index (χ0v) is 16.1. The lowest BCUT2D eigenvalue weighted by atomic mass is 10.0. The Morgan fingerprint density at radius 2 is 1.96 bits per heavy atom. The van der Waals surface area contributed by atoms with Crippen molar-refractivity contribution in [1.29, 1.82) is 0 Å². The number of rotatable bonds is 3. The molecular formula is C19H15Cl2N3OS. The topological polar surface area (TPSA) is 41.3 Å². The van der Waals surface area contributed by atoms with Crippen molar-refractivity contribution in [2.24, 2.45) is 0 Å². The van der Waals surface area contributed by atoms with Crippen LogP contribution < -0.4 is 5.32 Å². The van der Waals surface area contributed by atoms with Crippen molar-refractivity contribution in [2.75, 3.05) is 7.05 Å². The van der Waals surface area contributed by atoms with E-state index in [0.29, 0.717) is 15.2 Å². The average molecular weight is 404 g/mol. The van der Waals surface area contributed by atoms with Crippen LogP contribution in [0.1, 0.15) is 23.5 Å². The molecule has 4 nitrogen and oxygen atoms in total. The third-order valence-electron chi connectivity index (χ3n) is 4.46. The van der Waals surface area contributed by atoms with Crippen LogP contribution in [-0.2, 0) is 0 Å². The molecule has 2 unspecified atom stereocenters. The van der Waals surface area contributed by atoms with Gasteiger partial charge in [0.15, 0.2) is 5.11 Å². The second kappa shape index (κ2) is 6.91. The van der Waals surface area contributed by atoms with Crippen LogP contribution in [0.2, 0.25) is 10.0 Å². The van der Waals surface area contributed by atoms with Gasteiger partial charge in [-0.25, -0.2) is 0 Å². The summed E-state index contributed by atoms with van der Waals surface area (Å²) in [6.07, 6.45) is 1.78. The van der Waals surface area contributed by atoms with E-state index in [9.17, 15) is 0 Å². The molecule has 26 heavy (non-hydrogen) atoms. The first-order valence-corrected chi connectivity index (χ1v) is 9.20. The van der Waals surface area contributed by atoms with Crippen molar-refractivity contribution < 1.29 is 4.42 Å². The van der Waals surface area contributed by atoms with Crippen molar-refractivity contribution in [3.8, 4) is 11.3 Å². The van der Waals surface area contributed by atoms with Crippen LogP contribution in [0.3, 0.4) is 0 Å². The number of nitrogens with zero attached hydrogens (tertiary/aromatic N) is 2. The molecule has 2 atom stereocenters. The van der Waals surface area contributed by atoms with Gasteiger partial charge < -0.3 is 14.6 Å². The summed E-state index contributed by atoms with van der Waals surface area (Å²) in [7, 11) is 1.95. The molecule has 0 aliphatic carbocycles. The third-order valence-corrected chi connectivity index (χ3v) is 5.61. The first-order chi connectivity index (χ1) is 12.5. The molecule has 7 heteroatoms. The zero-order chi connectivity index (χ0) is 18.3. The van der Waals surface area contributed by atoms with Gasteiger partial charge in [-0.05, 0) is 54.7 Å². The number of likely N-dealkylation sites (N-methyl/N-ethyl adjacent to an activating group) is 1. The molecule has 0 spiro atoms. The molecular weight excluding hydrogens is 389 g/mol. The number of nitrogens with one attached hydrogen (secondary N) is 1. The highest BCUT2D eigenvalue weighted by Gasteiger charge is 2.39. The molecule has 3 heterocycles. The van der Waals surface area contributed by atoms with Crippen LogP contribution in [0.5, 0.6) is 0 Å². The van der Waals surface area contributed by atoms with Crippen LogP contribution in [0, 0.1) is 0 Å². The van der Waals surface area contributed by atoms with Gasteiger partial charge in [0.2, 0.25) is 0 Å². The standard InChI is InChI=1S/C19H15Cl2N3OS/c1-24-18(17(23-19(24)26)14-4-2-3-9-22-14)16-8-7-15(25-16)11-5-6-12(20)13(21)10-11/h2-10,17-18H,1H3,(H,23,26). The maximum absolute atomic E-state index is 6.15. The highest BCUT2D eigenvalue weighted by Crippen LogP contribution is 2.39. The number of hydrogen-bond acceptors (Lipinski definition) is 3. The van der Waals surface area contributed by atoms with Gasteiger partial charge in [0.05, 0.1) is 21.8 Å². The first-order valence-electron chi connectivity index (χ1n) is 8.04. The first kappa shape index (κ1) is 17.3. The molecule has 1 aliphatic heterocycles. The molecule has 0 saturated carbocycles. The third kappa shape index (κ3) is 3.07. The molecule has 1 fully saturated rings. The zero-order valence-electron chi connectivity index (χ0n) is 13.8. The maximum Gasteiger partial charge on any atom is 0.170 e. The minimum absolute atomic E-state index is 0.0819. The normalized spacial score (nSPS) is 19.7. The molecule has 1 aliphatic rings. The molecule has 1 saturated heterocycles. The Labute approximate surface area is 166 Å². The number of halogens is 2. The fourth-order valence-corrected chi connectivity index (χ4v) is 3.67. The number of aromatic nitrogens is 1. The molecule has 2 aromatic heterocycles. The van der Waals surface area contributed by atoms with Crippen LogP contribution >= 0.6 is 35.4 Å². The summed E-state index contributed by atoms with van der Waals surface area (Å²) < 4.78 is 6.15. The van der Waals surface area contributed by atoms with Crippen molar-refractivity contribution in [1.82, 2.24) is 15.2 Å². The van der Waals surface area contributed by atoms with E-state index in [4.69, 9.17) is 39.8 Å². The molecule has 0 radical (unpaired) electrons. The summed E-state index contributed by atoms with van der Waals surface area (Å²) in [5, 5.41) is 5.01. The Bertz CT molecular complexity index is 960. The number of benzene rings is 1. The van der Waals surface area contributed by atoms with Gasteiger partial charge in [-0.2, -0.15) is 0 Å². The highest BCUT2D eigenvalue weighted by atomic mass is 35.5. The smallest absolute Gasteiger partial charge is 0.170 e. The second-order valence-corrected chi connectivity index (χ2v) is 7.27. The van der Waals surface area contributed by atoms with E-state index < -0.39 is 0 Å². The Balaban J connectivity index is 1.70. The van der Waals surface area contributed by atoms with Gasteiger partial charge in [0.25, 0.3) is 0 Å². The van der Waals surface area contributed by atoms with Gasteiger partial charge in [-0.1, -0.05) is 29.3 Å². The van der Waals surface area contributed by atoms with Gasteiger partial charge in [0, 0.05) is 18.8 Å². The lowest BCUT2D eigenvalue weighted by Crippen LogP contribution is -2.24. The van der Waals surface area contributed by atoms with Crippen LogP contribution in [0.4, 0.5) is 0 Å². The SMILES string of the molecule is CN1C(=S)NC(c2ccccn2)C1c1ccc(-c2ccc(Cl)c(Cl)c2)o1. The predicted octanol–water partition coefficient (Wildman–Crippen LogP) is 5.25. The summed E-state index contributed by atoms with van der Waals surface area (Å²) in [5.41, 5.74) is 1.79. The molecule has 132 valence electrons. The largest absolute Gasteiger partial charge is 0.459 e. The van der Waals surface area contributed by atoms with E-state index >= 15 is 0 Å². The fourth-order valence-electron chi connectivity index (χ4n) is 3.13. The quantitative estimate of drug-likeness (QED) is 0.604. The van der Waals surface area contributed by atoms with E-state index in [1.165, 1.54) is 0 Å². The van der Waals surface area contributed by atoms with Crippen molar-refractivity contribution in [3.63, 3.8) is 0 Å². The molecule has 3 aromatic rings. The van der Waals surface area contributed by atoms with Crippen molar-refractivity contribution in [2.45, 2.75) is 12.1 Å².